The predicted octanol–water partition coefficient (Wildman–Crippen LogP) is 1.79. The molecule has 1 saturated carbocycles. The van der Waals surface area contributed by atoms with E-state index in [4.69, 9.17) is 4.74 Å². The first-order valence-electron chi connectivity index (χ1n) is 7.30. The molecule has 0 heterocycles. The van der Waals surface area contributed by atoms with E-state index in [1.54, 1.807) is 0 Å². The third-order valence-electron chi connectivity index (χ3n) is 3.64. The summed E-state index contributed by atoms with van der Waals surface area (Å²) < 4.78 is 4.85. The van der Waals surface area contributed by atoms with Crippen molar-refractivity contribution in [3.05, 3.63) is 0 Å². The molecule has 4 heteroatoms. The molecule has 0 atom stereocenters. The van der Waals surface area contributed by atoms with Crippen LogP contribution in [0.1, 0.15) is 45.4 Å². The molecule has 0 aromatic carbocycles. The van der Waals surface area contributed by atoms with E-state index in [-0.39, 0.29) is 5.97 Å². The lowest BCUT2D eigenvalue weighted by Gasteiger charge is -2.31. The molecule has 0 radical (unpaired) electrons. The zero-order valence-corrected chi connectivity index (χ0v) is 11.9. The highest BCUT2D eigenvalue weighted by Crippen LogP contribution is 2.21. The van der Waals surface area contributed by atoms with E-state index in [0.717, 1.165) is 25.6 Å². The molecular formula is C14H28N2O2. The van der Waals surface area contributed by atoms with Crippen LogP contribution in [0.4, 0.5) is 0 Å². The number of hydrogen-bond acceptors (Lipinski definition) is 4. The van der Waals surface area contributed by atoms with E-state index in [0.29, 0.717) is 13.2 Å². The molecule has 0 aromatic heterocycles. The van der Waals surface area contributed by atoms with Crippen LogP contribution in [0.25, 0.3) is 0 Å². The van der Waals surface area contributed by atoms with Gasteiger partial charge in [-0.2, -0.15) is 0 Å². The van der Waals surface area contributed by atoms with Gasteiger partial charge in [-0.05, 0) is 46.3 Å². The maximum absolute atomic E-state index is 11.1. The lowest BCUT2D eigenvalue weighted by atomic mass is 9.94. The van der Waals surface area contributed by atoms with Crippen LogP contribution in [0, 0.1) is 0 Å². The molecule has 0 unspecified atom stereocenters. The van der Waals surface area contributed by atoms with Crippen molar-refractivity contribution < 1.29 is 9.53 Å². The zero-order chi connectivity index (χ0) is 13.2. The number of carbonyl (C=O) groups is 1. The number of ether oxygens (including phenoxy) is 1. The Morgan fingerprint density at radius 1 is 1.33 bits per heavy atom. The van der Waals surface area contributed by atoms with E-state index < -0.39 is 0 Å². The van der Waals surface area contributed by atoms with Crippen LogP contribution in [-0.4, -0.2) is 50.2 Å². The Morgan fingerprint density at radius 2 is 2.06 bits per heavy atom. The molecule has 1 fully saturated rings. The summed E-state index contributed by atoms with van der Waals surface area (Å²) in [5.41, 5.74) is 0. The molecule has 1 N–H and O–H groups in total. The van der Waals surface area contributed by atoms with Crippen LogP contribution >= 0.6 is 0 Å². The number of hydrogen-bond donors (Lipinski definition) is 1. The molecule has 1 aliphatic rings. The van der Waals surface area contributed by atoms with Gasteiger partial charge in [-0.25, -0.2) is 0 Å². The van der Waals surface area contributed by atoms with Crippen molar-refractivity contribution >= 4 is 5.97 Å². The first-order valence-corrected chi connectivity index (χ1v) is 7.30. The number of carbonyl (C=O) groups excluding carboxylic acids is 1. The van der Waals surface area contributed by atoms with Gasteiger partial charge in [0, 0.05) is 6.04 Å². The molecule has 4 nitrogen and oxygen atoms in total. The fourth-order valence-corrected chi connectivity index (χ4v) is 2.56. The van der Waals surface area contributed by atoms with Gasteiger partial charge in [-0.3, -0.25) is 4.79 Å². The molecule has 0 aliphatic heterocycles. The lowest BCUT2D eigenvalue weighted by molar-refractivity contribution is -0.141. The van der Waals surface area contributed by atoms with Gasteiger partial charge >= 0.3 is 5.97 Å². The maximum Gasteiger partial charge on any atom is 0.319 e. The zero-order valence-electron chi connectivity index (χ0n) is 11.9. The predicted molar refractivity (Wildman–Crippen MR) is 73.6 cm³/mol. The Hall–Kier alpha value is -0.610. The SMILES string of the molecule is CCOC(=O)CNCCCN(C)C1CCCCC1. The van der Waals surface area contributed by atoms with Gasteiger partial charge < -0.3 is 15.0 Å². The summed E-state index contributed by atoms with van der Waals surface area (Å²) in [5.74, 6) is -0.155. The van der Waals surface area contributed by atoms with Gasteiger partial charge in [0.1, 0.15) is 0 Å². The van der Waals surface area contributed by atoms with E-state index >= 15 is 0 Å². The van der Waals surface area contributed by atoms with E-state index in [9.17, 15) is 4.79 Å². The molecule has 18 heavy (non-hydrogen) atoms. The van der Waals surface area contributed by atoms with Crippen LogP contribution in [0.15, 0.2) is 0 Å². The summed E-state index contributed by atoms with van der Waals surface area (Å²) in [7, 11) is 2.22. The quantitative estimate of drug-likeness (QED) is 0.531. The van der Waals surface area contributed by atoms with Gasteiger partial charge in [0.2, 0.25) is 0 Å². The molecule has 0 amide bonds. The van der Waals surface area contributed by atoms with Crippen LogP contribution in [0.5, 0.6) is 0 Å². The molecule has 106 valence electrons. The van der Waals surface area contributed by atoms with E-state index in [1.807, 2.05) is 6.92 Å². The summed E-state index contributed by atoms with van der Waals surface area (Å²) in [5, 5.41) is 3.13. The smallest absolute Gasteiger partial charge is 0.319 e. The van der Waals surface area contributed by atoms with Crippen molar-refractivity contribution in [2.45, 2.75) is 51.5 Å². The number of nitrogens with zero attached hydrogens (tertiary/aromatic N) is 1. The van der Waals surface area contributed by atoms with Gasteiger partial charge in [-0.15, -0.1) is 0 Å². The highest BCUT2D eigenvalue weighted by atomic mass is 16.5. The maximum atomic E-state index is 11.1. The average Bonchev–Trinajstić information content (AvgIpc) is 2.39. The second-order valence-corrected chi connectivity index (χ2v) is 5.11. The highest BCUT2D eigenvalue weighted by molar-refractivity contribution is 5.71. The van der Waals surface area contributed by atoms with Crippen molar-refractivity contribution in [1.82, 2.24) is 10.2 Å². The second-order valence-electron chi connectivity index (χ2n) is 5.11. The largest absolute Gasteiger partial charge is 0.465 e. The molecule has 0 saturated heterocycles. The van der Waals surface area contributed by atoms with Gasteiger partial charge in [0.05, 0.1) is 13.2 Å². The molecule has 0 spiro atoms. The summed E-state index contributed by atoms with van der Waals surface area (Å²) in [6.07, 6.45) is 7.98. The molecule has 0 bridgehead atoms. The Labute approximate surface area is 111 Å². The van der Waals surface area contributed by atoms with Crippen LogP contribution < -0.4 is 5.32 Å². The van der Waals surface area contributed by atoms with Gasteiger partial charge in [-0.1, -0.05) is 19.3 Å². The standard InChI is InChI=1S/C14H28N2O2/c1-3-18-14(17)12-15-10-7-11-16(2)13-8-5-4-6-9-13/h13,15H,3-12H2,1-2H3. The Kier molecular flexibility index (Phi) is 8.01. The van der Waals surface area contributed by atoms with Crippen LogP contribution in [-0.2, 0) is 9.53 Å². The summed E-state index contributed by atoms with van der Waals surface area (Å²) >= 11 is 0. The van der Waals surface area contributed by atoms with Crippen LogP contribution in [0.2, 0.25) is 0 Å². The third kappa shape index (κ3) is 6.36. The average molecular weight is 256 g/mol. The minimum Gasteiger partial charge on any atom is -0.465 e. The summed E-state index contributed by atoms with van der Waals surface area (Å²) in [6.45, 7) is 4.62. The molecule has 0 aromatic rings. The van der Waals surface area contributed by atoms with E-state index in [2.05, 4.69) is 17.3 Å². The van der Waals surface area contributed by atoms with Gasteiger partial charge in [0.15, 0.2) is 0 Å². The highest BCUT2D eigenvalue weighted by Gasteiger charge is 2.17. The Bertz CT molecular complexity index is 228. The second kappa shape index (κ2) is 9.34. The van der Waals surface area contributed by atoms with Crippen molar-refractivity contribution in [2.75, 3.05) is 33.3 Å². The van der Waals surface area contributed by atoms with Crippen molar-refractivity contribution in [3.63, 3.8) is 0 Å². The minimum atomic E-state index is -0.155. The lowest BCUT2D eigenvalue weighted by Crippen LogP contribution is -2.35. The van der Waals surface area contributed by atoms with Gasteiger partial charge in [0.25, 0.3) is 0 Å². The number of esters is 1. The van der Waals surface area contributed by atoms with E-state index in [1.165, 1.54) is 32.1 Å². The normalized spacial score (nSPS) is 17.1. The Morgan fingerprint density at radius 3 is 2.72 bits per heavy atom. The summed E-state index contributed by atoms with van der Waals surface area (Å²) in [4.78, 5) is 13.6. The number of rotatable bonds is 8. The topological polar surface area (TPSA) is 41.6 Å². The summed E-state index contributed by atoms with van der Waals surface area (Å²) in [6, 6.07) is 0.781. The third-order valence-corrected chi connectivity index (χ3v) is 3.64. The monoisotopic (exact) mass is 256 g/mol. The number of nitrogens with one attached hydrogen (secondary N) is 1. The minimum absolute atomic E-state index is 0.155. The molecule has 1 aliphatic carbocycles. The van der Waals surface area contributed by atoms with Crippen molar-refractivity contribution in [3.8, 4) is 0 Å². The van der Waals surface area contributed by atoms with Crippen LogP contribution in [0.3, 0.4) is 0 Å². The first kappa shape index (κ1) is 15.4. The fourth-order valence-electron chi connectivity index (χ4n) is 2.56. The van der Waals surface area contributed by atoms with Crippen molar-refractivity contribution in [2.24, 2.45) is 0 Å². The molecular weight excluding hydrogens is 228 g/mol. The molecule has 1 rings (SSSR count). The first-order chi connectivity index (χ1) is 8.74. The Balaban J connectivity index is 1.98. The fraction of sp³-hybridized carbons (Fsp3) is 0.929. The van der Waals surface area contributed by atoms with Crippen molar-refractivity contribution in [1.29, 1.82) is 0 Å².